The van der Waals surface area contributed by atoms with Crippen molar-refractivity contribution in [1.82, 2.24) is 14.5 Å². The van der Waals surface area contributed by atoms with Gasteiger partial charge in [-0.2, -0.15) is 0 Å². The lowest BCUT2D eigenvalue weighted by atomic mass is 10.3. The van der Waals surface area contributed by atoms with Gasteiger partial charge in [0.15, 0.2) is 5.65 Å². The maximum atomic E-state index is 6.35. The summed E-state index contributed by atoms with van der Waals surface area (Å²) < 4.78 is 7.21. The Morgan fingerprint density at radius 3 is 2.90 bits per heavy atom. The van der Waals surface area contributed by atoms with Gasteiger partial charge in [-0.25, -0.2) is 9.97 Å². The molecule has 0 amide bonds. The zero-order valence-electron chi connectivity index (χ0n) is 11.4. The molecule has 0 radical (unpaired) electrons. The maximum absolute atomic E-state index is 6.35. The summed E-state index contributed by atoms with van der Waals surface area (Å²) in [4.78, 5) is 9.01. The number of halogens is 2. The number of hydrogen-bond donors (Lipinski definition) is 0. The van der Waals surface area contributed by atoms with E-state index in [9.17, 15) is 0 Å². The van der Waals surface area contributed by atoms with E-state index in [1.54, 1.807) is 19.4 Å². The third kappa shape index (κ3) is 2.57. The first-order chi connectivity index (χ1) is 10.2. The van der Waals surface area contributed by atoms with Crippen LogP contribution in [0.15, 0.2) is 36.5 Å². The maximum Gasteiger partial charge on any atom is 0.164 e. The largest absolute Gasteiger partial charge is 0.497 e. The number of ether oxygens (including phenoxy) is 1. The molecule has 2 aromatic heterocycles. The predicted molar refractivity (Wildman–Crippen MR) is 84.9 cm³/mol. The molecule has 3 aromatic rings. The van der Waals surface area contributed by atoms with Crippen LogP contribution in [0.25, 0.3) is 16.9 Å². The minimum absolute atomic E-state index is 0.477. The monoisotopic (exact) mass is 321 g/mol. The molecule has 108 valence electrons. The molecule has 0 saturated carbocycles. The molecular weight excluding hydrogens is 309 g/mol. The summed E-state index contributed by atoms with van der Waals surface area (Å²) in [7, 11) is 1.62. The van der Waals surface area contributed by atoms with Crippen LogP contribution >= 0.6 is 23.2 Å². The third-order valence-corrected chi connectivity index (χ3v) is 3.71. The number of imidazole rings is 1. The quantitative estimate of drug-likeness (QED) is 0.685. The van der Waals surface area contributed by atoms with Gasteiger partial charge in [0.1, 0.15) is 17.1 Å². The van der Waals surface area contributed by atoms with Crippen LogP contribution in [-0.4, -0.2) is 27.5 Å². The smallest absolute Gasteiger partial charge is 0.164 e. The van der Waals surface area contributed by atoms with E-state index in [4.69, 9.17) is 27.9 Å². The van der Waals surface area contributed by atoms with Gasteiger partial charge >= 0.3 is 0 Å². The van der Waals surface area contributed by atoms with Crippen LogP contribution in [0.3, 0.4) is 0 Å². The van der Waals surface area contributed by atoms with Crippen LogP contribution in [0.1, 0.15) is 5.82 Å². The molecule has 3 rings (SSSR count). The Kier molecular flexibility index (Phi) is 3.99. The minimum atomic E-state index is 0.477. The fraction of sp³-hybridized carbons (Fsp3) is 0.200. The van der Waals surface area contributed by atoms with Crippen molar-refractivity contribution in [3.05, 3.63) is 47.4 Å². The topological polar surface area (TPSA) is 39.9 Å². The summed E-state index contributed by atoms with van der Waals surface area (Å²) in [6.07, 6.45) is 2.37. The molecule has 0 aliphatic carbocycles. The molecule has 0 bridgehead atoms. The second-order valence-electron chi connectivity index (χ2n) is 4.47. The molecule has 0 aliphatic heterocycles. The average molecular weight is 322 g/mol. The predicted octanol–water partition coefficient (Wildman–Crippen LogP) is 3.86. The standard InChI is InChI=1S/C15H13Cl2N3O/c1-21-10-4-5-11(17)13(9-10)20-14(6-7-16)19-12-3-2-8-18-15(12)20/h2-5,8-9H,6-7H2,1H3. The van der Waals surface area contributed by atoms with Crippen molar-refractivity contribution in [3.63, 3.8) is 0 Å². The van der Waals surface area contributed by atoms with Crippen molar-refractivity contribution < 1.29 is 4.74 Å². The second-order valence-corrected chi connectivity index (χ2v) is 5.25. The molecule has 0 spiro atoms. The van der Waals surface area contributed by atoms with Gasteiger partial charge in [0.05, 0.1) is 17.8 Å². The first kappa shape index (κ1) is 14.2. The van der Waals surface area contributed by atoms with E-state index >= 15 is 0 Å². The van der Waals surface area contributed by atoms with E-state index in [2.05, 4.69) is 9.97 Å². The Balaban J connectivity index is 2.29. The fourth-order valence-electron chi connectivity index (χ4n) is 2.26. The highest BCUT2D eigenvalue weighted by atomic mass is 35.5. The Morgan fingerprint density at radius 2 is 2.14 bits per heavy atom. The lowest BCUT2D eigenvalue weighted by Crippen LogP contribution is -2.04. The number of aryl methyl sites for hydroxylation is 1. The van der Waals surface area contributed by atoms with Crippen molar-refractivity contribution in [2.75, 3.05) is 13.0 Å². The number of pyridine rings is 1. The molecule has 0 fully saturated rings. The molecule has 4 nitrogen and oxygen atoms in total. The number of hydrogen-bond acceptors (Lipinski definition) is 3. The van der Waals surface area contributed by atoms with E-state index in [-0.39, 0.29) is 0 Å². The van der Waals surface area contributed by atoms with Crippen LogP contribution in [-0.2, 0) is 6.42 Å². The lowest BCUT2D eigenvalue weighted by molar-refractivity contribution is 0.414. The molecule has 6 heteroatoms. The van der Waals surface area contributed by atoms with Crippen molar-refractivity contribution in [2.45, 2.75) is 6.42 Å². The van der Waals surface area contributed by atoms with Gasteiger partial charge < -0.3 is 4.74 Å². The van der Waals surface area contributed by atoms with Crippen molar-refractivity contribution >= 4 is 34.4 Å². The van der Waals surface area contributed by atoms with E-state index < -0.39 is 0 Å². The summed E-state index contributed by atoms with van der Waals surface area (Å²) in [6.45, 7) is 0. The third-order valence-electron chi connectivity index (χ3n) is 3.20. The first-order valence-electron chi connectivity index (χ1n) is 6.47. The Labute approximate surface area is 132 Å². The van der Waals surface area contributed by atoms with Crippen LogP contribution in [0, 0.1) is 0 Å². The zero-order chi connectivity index (χ0) is 14.8. The summed E-state index contributed by atoms with van der Waals surface area (Å²) in [5.74, 6) is 2.03. The van der Waals surface area contributed by atoms with Crippen LogP contribution in [0.2, 0.25) is 5.02 Å². The van der Waals surface area contributed by atoms with Gasteiger partial charge in [0, 0.05) is 24.6 Å². The number of fused-ring (bicyclic) bond motifs is 1. The average Bonchev–Trinajstić information content (AvgIpc) is 2.86. The van der Waals surface area contributed by atoms with Crippen molar-refractivity contribution in [2.24, 2.45) is 0 Å². The Hall–Kier alpha value is -1.78. The summed E-state index contributed by atoms with van der Waals surface area (Å²) in [5, 5.41) is 0.608. The Bertz CT molecular complexity index is 786. The number of methoxy groups -OCH3 is 1. The fourth-order valence-corrected chi connectivity index (χ4v) is 2.63. The van der Waals surface area contributed by atoms with Crippen LogP contribution < -0.4 is 4.74 Å². The molecule has 0 N–H and O–H groups in total. The minimum Gasteiger partial charge on any atom is -0.497 e. The highest BCUT2D eigenvalue weighted by molar-refractivity contribution is 6.32. The van der Waals surface area contributed by atoms with Gasteiger partial charge in [-0.15, -0.1) is 11.6 Å². The van der Waals surface area contributed by atoms with Crippen LogP contribution in [0.4, 0.5) is 0 Å². The van der Waals surface area contributed by atoms with Crippen molar-refractivity contribution in [3.8, 4) is 11.4 Å². The summed E-state index contributed by atoms with van der Waals surface area (Å²) >= 11 is 12.2. The number of benzene rings is 1. The van der Waals surface area contributed by atoms with Crippen LogP contribution in [0.5, 0.6) is 5.75 Å². The molecule has 0 unspecified atom stereocenters. The Morgan fingerprint density at radius 1 is 1.29 bits per heavy atom. The second kappa shape index (κ2) is 5.92. The zero-order valence-corrected chi connectivity index (χ0v) is 12.9. The molecule has 0 atom stereocenters. The van der Waals surface area contributed by atoms with Crippen molar-refractivity contribution in [1.29, 1.82) is 0 Å². The number of rotatable bonds is 4. The van der Waals surface area contributed by atoms with Gasteiger partial charge in [-0.05, 0) is 24.3 Å². The SMILES string of the molecule is COc1ccc(Cl)c(-n2c(CCCl)nc3cccnc32)c1. The number of alkyl halides is 1. The molecule has 0 saturated heterocycles. The lowest BCUT2D eigenvalue weighted by Gasteiger charge is -2.11. The van der Waals surface area contributed by atoms with E-state index in [1.807, 2.05) is 28.8 Å². The van der Waals surface area contributed by atoms with E-state index in [1.165, 1.54) is 0 Å². The first-order valence-corrected chi connectivity index (χ1v) is 7.38. The normalized spacial score (nSPS) is 11.0. The van der Waals surface area contributed by atoms with Gasteiger partial charge in [0.2, 0.25) is 0 Å². The molecule has 21 heavy (non-hydrogen) atoms. The number of nitrogens with zero attached hydrogens (tertiary/aromatic N) is 3. The molecule has 0 aliphatic rings. The van der Waals surface area contributed by atoms with E-state index in [0.29, 0.717) is 17.3 Å². The highest BCUT2D eigenvalue weighted by Gasteiger charge is 2.15. The highest BCUT2D eigenvalue weighted by Crippen LogP contribution is 2.29. The number of aromatic nitrogens is 3. The van der Waals surface area contributed by atoms with Gasteiger partial charge in [-0.1, -0.05) is 11.6 Å². The van der Waals surface area contributed by atoms with Gasteiger partial charge in [-0.3, -0.25) is 4.57 Å². The van der Waals surface area contributed by atoms with Gasteiger partial charge in [0.25, 0.3) is 0 Å². The van der Waals surface area contributed by atoms with E-state index in [0.717, 1.165) is 28.4 Å². The molecular formula is C15H13Cl2N3O. The molecule has 1 aromatic carbocycles. The summed E-state index contributed by atoms with van der Waals surface area (Å²) in [5.41, 5.74) is 2.36. The summed E-state index contributed by atoms with van der Waals surface area (Å²) in [6, 6.07) is 9.27. The molecule has 2 heterocycles.